The van der Waals surface area contributed by atoms with Crippen molar-refractivity contribution in [2.75, 3.05) is 0 Å². The predicted molar refractivity (Wildman–Crippen MR) is 69.7 cm³/mol. The van der Waals surface area contributed by atoms with Crippen molar-refractivity contribution in [3.63, 3.8) is 0 Å². The van der Waals surface area contributed by atoms with E-state index in [0.29, 0.717) is 11.3 Å². The van der Waals surface area contributed by atoms with Crippen LogP contribution in [0.2, 0.25) is 0 Å². The molecule has 0 spiro atoms. The lowest BCUT2D eigenvalue weighted by Crippen LogP contribution is -2.39. The maximum absolute atomic E-state index is 12.0. The largest absolute Gasteiger partial charge is 0.467 e. The van der Waals surface area contributed by atoms with Gasteiger partial charge in [-0.05, 0) is 23.7 Å². The van der Waals surface area contributed by atoms with Gasteiger partial charge in [-0.3, -0.25) is 14.5 Å². The third-order valence-corrected chi connectivity index (χ3v) is 3.33. The van der Waals surface area contributed by atoms with Gasteiger partial charge in [0.25, 0.3) is 11.1 Å². The van der Waals surface area contributed by atoms with Gasteiger partial charge in [0.05, 0.1) is 36.7 Å². The molecule has 108 valence electrons. The minimum atomic E-state index is -0.676. The van der Waals surface area contributed by atoms with Crippen molar-refractivity contribution in [1.29, 1.82) is 0 Å². The molecule has 0 fully saturated rings. The lowest BCUT2D eigenvalue weighted by Gasteiger charge is -2.14. The van der Waals surface area contributed by atoms with Crippen LogP contribution in [0.3, 0.4) is 0 Å². The summed E-state index contributed by atoms with van der Waals surface area (Å²) in [5, 5.41) is 1.82. The Hall–Kier alpha value is -2.54. The van der Waals surface area contributed by atoms with Crippen molar-refractivity contribution >= 4 is 28.8 Å². The predicted octanol–water partition coefficient (Wildman–Crippen LogP) is 2.12. The first-order valence-electron chi connectivity index (χ1n) is 6.00. The average molecular weight is 309 g/mol. The lowest BCUT2D eigenvalue weighted by molar-refractivity contribution is 0.0816. The van der Waals surface area contributed by atoms with E-state index in [1.54, 1.807) is 0 Å². The summed E-state index contributed by atoms with van der Waals surface area (Å²) in [5.74, 6) is 0.251. The van der Waals surface area contributed by atoms with Crippen LogP contribution < -0.4 is 5.32 Å². The molecule has 21 heavy (non-hydrogen) atoms. The number of nitrogens with one attached hydrogen (secondary N) is 1. The normalized spacial score (nSPS) is 13.4. The maximum atomic E-state index is 12.0. The van der Waals surface area contributed by atoms with E-state index in [4.69, 9.17) is 20.4 Å². The Labute approximate surface area is 123 Å². The number of rotatable bonds is 3. The number of halogens is 1. The number of amides is 3. The maximum Gasteiger partial charge on any atom is 0.325 e. The van der Waals surface area contributed by atoms with Gasteiger partial charge in [-0.1, -0.05) is 0 Å². The molecule has 3 heterocycles. The first kappa shape index (κ1) is 13.4. The second kappa shape index (κ2) is 5.10. The Bertz CT molecular complexity index is 733. The number of fused-ring (bicyclic) bond motifs is 1. The highest BCUT2D eigenvalue weighted by atomic mass is 35.5. The molecule has 0 unspecified atom stereocenters. The van der Waals surface area contributed by atoms with Gasteiger partial charge in [-0.2, -0.15) is 0 Å². The molecule has 0 saturated heterocycles. The van der Waals surface area contributed by atoms with E-state index < -0.39 is 17.2 Å². The topological polar surface area (TPSA) is 92.8 Å². The minimum Gasteiger partial charge on any atom is -0.467 e. The monoisotopic (exact) mass is 308 g/mol. The van der Waals surface area contributed by atoms with E-state index in [1.165, 1.54) is 24.7 Å². The molecule has 0 aromatic carbocycles. The molecule has 7 nitrogen and oxygen atoms in total. The van der Waals surface area contributed by atoms with Crippen LogP contribution in [-0.2, 0) is 13.1 Å². The molecule has 3 amide bonds. The van der Waals surface area contributed by atoms with Crippen molar-refractivity contribution in [3.8, 4) is 0 Å². The van der Waals surface area contributed by atoms with Gasteiger partial charge in [0.1, 0.15) is 11.5 Å². The summed E-state index contributed by atoms with van der Waals surface area (Å²) >= 11 is 5.37. The van der Waals surface area contributed by atoms with Crippen LogP contribution in [0.4, 0.5) is 4.79 Å². The summed E-state index contributed by atoms with van der Waals surface area (Å²) in [6, 6.07) is 2.32. The van der Waals surface area contributed by atoms with Crippen molar-refractivity contribution in [1.82, 2.24) is 10.2 Å². The highest BCUT2D eigenvalue weighted by molar-refractivity contribution is 6.67. The van der Waals surface area contributed by atoms with Crippen LogP contribution in [0.5, 0.6) is 0 Å². The SMILES string of the molecule is O=C(Cl)c1ccoc1CNC(=O)N1Cc2occc2C1=O. The van der Waals surface area contributed by atoms with Gasteiger partial charge in [-0.15, -0.1) is 0 Å². The van der Waals surface area contributed by atoms with Gasteiger partial charge in [-0.25, -0.2) is 4.79 Å². The standard InChI is InChI=1S/C13H9ClN2O5/c14-11(17)7-1-3-20-9(7)5-15-13(19)16-6-10-8(12(16)18)2-4-21-10/h1-4H,5-6H2,(H,15,19). The summed E-state index contributed by atoms with van der Waals surface area (Å²) in [4.78, 5) is 36.1. The molecule has 1 N–H and O–H groups in total. The van der Waals surface area contributed by atoms with Crippen LogP contribution in [-0.4, -0.2) is 22.1 Å². The third-order valence-electron chi connectivity index (χ3n) is 3.13. The molecule has 1 aliphatic rings. The van der Waals surface area contributed by atoms with E-state index in [-0.39, 0.29) is 24.4 Å². The zero-order valence-electron chi connectivity index (χ0n) is 10.6. The summed E-state index contributed by atoms with van der Waals surface area (Å²) in [6.07, 6.45) is 2.70. The molecule has 0 saturated carbocycles. The Balaban J connectivity index is 1.65. The highest BCUT2D eigenvalue weighted by Crippen LogP contribution is 2.23. The number of furan rings is 2. The smallest absolute Gasteiger partial charge is 0.325 e. The van der Waals surface area contributed by atoms with E-state index in [0.717, 1.165) is 4.90 Å². The number of carbonyl (C=O) groups excluding carboxylic acids is 3. The zero-order chi connectivity index (χ0) is 15.0. The Morgan fingerprint density at radius 3 is 2.76 bits per heavy atom. The Morgan fingerprint density at radius 2 is 2.05 bits per heavy atom. The van der Waals surface area contributed by atoms with Crippen molar-refractivity contribution in [2.45, 2.75) is 13.1 Å². The highest BCUT2D eigenvalue weighted by Gasteiger charge is 2.34. The number of nitrogens with zero attached hydrogens (tertiary/aromatic N) is 1. The quantitative estimate of drug-likeness (QED) is 0.877. The Kier molecular flexibility index (Phi) is 3.26. The van der Waals surface area contributed by atoms with Gasteiger partial charge in [0.2, 0.25) is 0 Å². The molecular weight excluding hydrogens is 300 g/mol. The van der Waals surface area contributed by atoms with E-state index in [9.17, 15) is 14.4 Å². The summed E-state index contributed by atoms with van der Waals surface area (Å²) in [7, 11) is 0. The van der Waals surface area contributed by atoms with Crippen LogP contribution >= 0.6 is 11.6 Å². The lowest BCUT2D eigenvalue weighted by atomic mass is 10.3. The number of urea groups is 1. The van der Waals surface area contributed by atoms with Crippen LogP contribution in [0.15, 0.2) is 33.5 Å². The molecule has 3 rings (SSSR count). The molecule has 2 aromatic heterocycles. The van der Waals surface area contributed by atoms with E-state index in [2.05, 4.69) is 5.32 Å². The van der Waals surface area contributed by atoms with Gasteiger partial charge in [0, 0.05) is 0 Å². The molecule has 1 aliphatic heterocycles. The van der Waals surface area contributed by atoms with Crippen molar-refractivity contribution < 1.29 is 23.2 Å². The van der Waals surface area contributed by atoms with Crippen LogP contribution in [0.25, 0.3) is 0 Å². The molecule has 0 aliphatic carbocycles. The molecular formula is C13H9ClN2O5. The van der Waals surface area contributed by atoms with Gasteiger partial charge in [0.15, 0.2) is 0 Å². The minimum absolute atomic E-state index is 0.0508. The fourth-order valence-electron chi connectivity index (χ4n) is 2.08. The van der Waals surface area contributed by atoms with Gasteiger partial charge >= 0.3 is 6.03 Å². The second-order valence-corrected chi connectivity index (χ2v) is 4.68. The van der Waals surface area contributed by atoms with Gasteiger partial charge < -0.3 is 14.2 Å². The van der Waals surface area contributed by atoms with Crippen LogP contribution in [0, 0.1) is 0 Å². The van der Waals surface area contributed by atoms with Crippen molar-refractivity contribution in [2.24, 2.45) is 0 Å². The first-order chi connectivity index (χ1) is 10.1. The molecule has 0 radical (unpaired) electrons. The van der Waals surface area contributed by atoms with Crippen LogP contribution in [0.1, 0.15) is 32.2 Å². The summed E-state index contributed by atoms with van der Waals surface area (Å²) in [6.45, 7) is 0.0250. The first-order valence-corrected chi connectivity index (χ1v) is 6.38. The number of carbonyl (C=O) groups is 3. The summed E-state index contributed by atoms with van der Waals surface area (Å²) < 4.78 is 10.2. The summed E-state index contributed by atoms with van der Waals surface area (Å²) in [5.41, 5.74) is 0.552. The molecule has 0 bridgehead atoms. The fraction of sp³-hybridized carbons (Fsp3) is 0.154. The number of hydrogen-bond donors (Lipinski definition) is 1. The molecule has 8 heteroatoms. The molecule has 2 aromatic rings. The average Bonchev–Trinajstić information content (AvgIpc) is 3.13. The number of hydrogen-bond acceptors (Lipinski definition) is 5. The Morgan fingerprint density at radius 1 is 1.29 bits per heavy atom. The zero-order valence-corrected chi connectivity index (χ0v) is 11.3. The number of imide groups is 1. The third kappa shape index (κ3) is 2.31. The molecule has 0 atom stereocenters. The van der Waals surface area contributed by atoms with Crippen molar-refractivity contribution in [3.05, 3.63) is 47.3 Å². The second-order valence-electron chi connectivity index (χ2n) is 4.34. The van der Waals surface area contributed by atoms with E-state index >= 15 is 0 Å². The fourth-order valence-corrected chi connectivity index (χ4v) is 2.25. The van der Waals surface area contributed by atoms with E-state index in [1.807, 2.05) is 0 Å².